The molecular formula is C46H61N20O37P6-3. The number of fused-ring (bicyclic) bond motifs is 4. The molecule has 12 rings (SSSR count). The fourth-order valence-electron chi connectivity index (χ4n) is 11.8. The maximum absolute atomic E-state index is 14.3. The number of phosphoric ester groups is 6. The molecule has 8 aromatic heterocycles. The van der Waals surface area contributed by atoms with Gasteiger partial charge in [0.25, 0.3) is 53.9 Å². The Bertz CT molecular complexity index is 5210. The smallest absolute Gasteiger partial charge is 0.470 e. The number of phosphoric acid groups is 6. The molecule has 0 aromatic carbocycles. The van der Waals surface area contributed by atoms with Crippen LogP contribution in [0.15, 0.2) is 46.0 Å². The lowest BCUT2D eigenvalue weighted by Gasteiger charge is -2.33. The number of aromatic amines is 3. The molecule has 4 aliphatic heterocycles. The zero-order chi connectivity index (χ0) is 79.1. The molecule has 4 aliphatic rings. The topological polar surface area (TPSA) is 845 Å². The molecule has 0 aliphatic carbocycles. The van der Waals surface area contributed by atoms with Crippen LogP contribution >= 0.6 is 46.9 Å². The Morgan fingerprint density at radius 1 is 0.514 bits per heavy atom. The highest BCUT2D eigenvalue weighted by Crippen LogP contribution is 2.52. The van der Waals surface area contributed by atoms with Crippen molar-refractivity contribution in [1.29, 1.82) is 0 Å². The van der Waals surface area contributed by atoms with Crippen molar-refractivity contribution in [3.05, 3.63) is 62.7 Å². The van der Waals surface area contributed by atoms with Gasteiger partial charge < -0.3 is 147 Å². The lowest BCUT2D eigenvalue weighted by atomic mass is 10.1. The monoisotopic (exact) mass is 1670 g/mol. The third-order valence-corrected chi connectivity index (χ3v) is 21.4. The fourth-order valence-corrected chi connectivity index (χ4v) is 16.3. The van der Waals surface area contributed by atoms with Gasteiger partial charge in [-0.15, -0.1) is 0 Å². The van der Waals surface area contributed by atoms with Gasteiger partial charge in [0.15, 0.2) is 58.8 Å². The van der Waals surface area contributed by atoms with Gasteiger partial charge in [0.2, 0.25) is 23.6 Å². The Kier molecular flexibility index (Phi) is 23.3. The number of nitrogens with one attached hydrogen (secondary N) is 3. The number of nitrogens with two attached hydrogens (primary N) is 4. The van der Waals surface area contributed by atoms with Gasteiger partial charge in [0, 0.05) is 7.11 Å². The third-order valence-electron chi connectivity index (χ3n) is 16.6. The summed E-state index contributed by atoms with van der Waals surface area (Å²) in [6.45, 7) is -8.96. The molecule has 6 unspecified atom stereocenters. The molecule has 0 amide bonds. The molecule has 0 spiro atoms. The highest BCUT2D eigenvalue weighted by atomic mass is 31.2. The highest BCUT2D eigenvalue weighted by molar-refractivity contribution is 7.47. The predicted octanol–water partition coefficient (Wildman–Crippen LogP) is -9.91. The Labute approximate surface area is 601 Å². The number of aliphatic hydroxyl groups is 5. The number of nitrogen functional groups attached to an aromatic ring is 4. The van der Waals surface area contributed by atoms with Crippen LogP contribution in [-0.4, -0.2) is 250 Å². The van der Waals surface area contributed by atoms with Gasteiger partial charge in [-0.2, -0.15) is 9.97 Å². The van der Waals surface area contributed by atoms with Crippen LogP contribution in [0.3, 0.4) is 0 Å². The van der Waals surface area contributed by atoms with E-state index >= 15 is 0 Å². The first kappa shape index (κ1) is 81.5. The van der Waals surface area contributed by atoms with E-state index in [4.69, 9.17) is 78.3 Å². The second kappa shape index (κ2) is 31.2. The molecule has 109 heavy (non-hydrogen) atoms. The maximum atomic E-state index is 14.3. The van der Waals surface area contributed by atoms with E-state index in [2.05, 4.69) is 68.4 Å². The van der Waals surface area contributed by atoms with E-state index in [0.717, 1.165) is 50.7 Å². The van der Waals surface area contributed by atoms with Gasteiger partial charge in [-0.3, -0.25) is 74.9 Å². The summed E-state index contributed by atoms with van der Waals surface area (Å²) in [6.07, 6.45) is -31.6. The van der Waals surface area contributed by atoms with E-state index in [1.807, 2.05) is 0 Å². The van der Waals surface area contributed by atoms with E-state index in [1.54, 1.807) is 0 Å². The van der Waals surface area contributed by atoms with Gasteiger partial charge >= 0.3 is 21.3 Å². The summed E-state index contributed by atoms with van der Waals surface area (Å²) in [6, 6.07) is 0. The largest absolute Gasteiger partial charge is 0.756 e. The SMILES string of the molecule is CO[C@@H]1[C@H](OP(=O)([O-])OC[C@H]2O[C@@H](n3cnc4c(N)ncnc43)[C@H](O)[C@@H]2OP(=O)([O-])OC[C@H]2O[C@@H](n3cnc4c(=O)[nH]c(N)nc43)[C@H](O)[C@@H]2O)[C@@H](COP(=O)([O-])OCC(OP(=O)(O)O)C(COP(=O)([O-])OC[C@H]2O[C@@H]([n+]3cn(C)c4c(=O)[nH]c(N)nc43)[C@H](O)[C@@H]2O)OP(=O)(O)O)O[C@H]1n1cnc2c(=O)[nH]c(N)nc21. The van der Waals surface area contributed by atoms with Crippen LogP contribution in [-0.2, 0) is 103 Å². The summed E-state index contributed by atoms with van der Waals surface area (Å²) in [4.78, 5) is 171. The number of aromatic nitrogens is 16. The van der Waals surface area contributed by atoms with Crippen LogP contribution < -0.4 is 63.8 Å². The minimum Gasteiger partial charge on any atom is -0.756 e. The zero-order valence-electron chi connectivity index (χ0n) is 54.8. The first-order valence-electron chi connectivity index (χ1n) is 30.6. The van der Waals surface area contributed by atoms with Gasteiger partial charge in [0.05, 0.1) is 65.7 Å². The number of aryl methyl sites for hydroxylation is 1. The Balaban J connectivity index is 0.745. The molecular weight excluding hydrogens is 1610 g/mol. The first-order chi connectivity index (χ1) is 51.0. The van der Waals surface area contributed by atoms with Crippen molar-refractivity contribution in [3.8, 4) is 0 Å². The summed E-state index contributed by atoms with van der Waals surface area (Å²) >= 11 is 0. The summed E-state index contributed by atoms with van der Waals surface area (Å²) in [5.41, 5.74) is 18.8. The number of hydrogen-bond acceptors (Lipinski definition) is 45. The zero-order valence-corrected chi connectivity index (χ0v) is 60.2. The number of H-pyrrole nitrogens is 3. The predicted molar refractivity (Wildman–Crippen MR) is 337 cm³/mol. The Hall–Kier alpha value is -6.94. The van der Waals surface area contributed by atoms with Crippen LogP contribution in [0.5, 0.6) is 0 Å². The van der Waals surface area contributed by atoms with Crippen molar-refractivity contribution in [3.63, 3.8) is 0 Å². The molecule has 22 atom stereocenters. The minimum atomic E-state index is -6.20. The molecule has 600 valence electrons. The molecule has 20 N–H and O–H groups in total. The number of anilines is 4. The summed E-state index contributed by atoms with van der Waals surface area (Å²) in [5, 5.41) is 55.5. The normalized spacial score (nSPS) is 29.1. The standard InChI is InChI=1S/C46H64N20O37P6/c1-62-13-66(36-23(62)39(74)61-46(50)58-36)41-27(70)25(68)16(97-41)5-92-106(81,82)90-3-14(100-104(75,76)77)15(101-105(78,79)80)4-91-107(83,84)93-8-19-30(31(89-2)43(99-19)65-12-55-22-35(65)57-45(49)60-38(22)73)103-109(87,88)95-7-18-29(28(71)42(98-18)63-10-53-20-32(47)51-9-52-33(20)63)102-108(85,86)94-6-17-24(67)26(69)40(96-17)64-11-54-21-34(64)56-44(48)59-37(21)72/h9-19,24-31,40-43,67-71H,3-8H2,1-2H3,(H18-,47,48,49,50,51,52,56,57,58,59,60,61,72,73,74,75,76,77,78,79,80,81,82,83,84,85,86,87,88)/p-3/t14?,15?,16-,17-,18-,19-,24-,25-,26-,27-,28-,29-,30-,31-,40-,41-,42-,43-/m1/s1. The number of nitrogens with zero attached hydrogens (tertiary/aromatic N) is 13. The third kappa shape index (κ3) is 17.8. The number of hydrogen-bond donors (Lipinski definition) is 16. The van der Waals surface area contributed by atoms with Gasteiger partial charge in [-0.1, -0.05) is 4.98 Å². The average Bonchev–Trinajstić information content (AvgIpc) is 1.63. The Morgan fingerprint density at radius 3 is 1.49 bits per heavy atom. The molecule has 4 saturated heterocycles. The van der Waals surface area contributed by atoms with E-state index < -0.39 is 231 Å². The lowest BCUT2D eigenvalue weighted by molar-refractivity contribution is -0.745. The molecule has 4 fully saturated rings. The van der Waals surface area contributed by atoms with Crippen LogP contribution in [0.1, 0.15) is 24.9 Å². The van der Waals surface area contributed by atoms with Gasteiger partial charge in [-0.05, 0) is 0 Å². The van der Waals surface area contributed by atoms with Crippen molar-refractivity contribution in [2.75, 3.05) is 69.7 Å². The summed E-state index contributed by atoms with van der Waals surface area (Å²) in [5.74, 6) is -1.47. The first-order valence-corrected chi connectivity index (χ1v) is 39.5. The van der Waals surface area contributed by atoms with Crippen LogP contribution in [0, 0.1) is 0 Å². The van der Waals surface area contributed by atoms with Crippen LogP contribution in [0.4, 0.5) is 23.7 Å². The molecule has 63 heteroatoms. The Morgan fingerprint density at radius 2 is 0.945 bits per heavy atom. The summed E-state index contributed by atoms with van der Waals surface area (Å²) in [7, 11) is -33.9. The van der Waals surface area contributed by atoms with Gasteiger partial charge in [-0.25, -0.2) is 38.6 Å². The second-order valence-electron chi connectivity index (χ2n) is 23.8. The van der Waals surface area contributed by atoms with Crippen LogP contribution in [0.2, 0.25) is 0 Å². The van der Waals surface area contributed by atoms with E-state index in [0.29, 0.717) is 0 Å². The second-order valence-corrected chi connectivity index (χ2v) is 31.7. The molecule has 0 radical (unpaired) electrons. The number of rotatable bonds is 32. The van der Waals surface area contributed by atoms with Crippen molar-refractivity contribution in [2.45, 2.75) is 110 Å². The number of ether oxygens (including phenoxy) is 5. The molecule has 57 nitrogen and oxygen atoms in total. The van der Waals surface area contributed by atoms with Crippen molar-refractivity contribution >= 4 is 115 Å². The van der Waals surface area contributed by atoms with Gasteiger partial charge in [0.1, 0.15) is 97.3 Å². The molecule has 0 bridgehead atoms. The minimum absolute atomic E-state index is 0.0855. The molecule has 12 heterocycles. The number of methoxy groups -OCH3 is 1. The quantitative estimate of drug-likeness (QED) is 0.0137. The number of aliphatic hydroxyl groups excluding tert-OH is 5. The lowest BCUT2D eigenvalue weighted by Crippen LogP contribution is -2.46. The maximum Gasteiger partial charge on any atom is 0.470 e. The van der Waals surface area contributed by atoms with Crippen LogP contribution in [0.25, 0.3) is 44.7 Å². The summed E-state index contributed by atoms with van der Waals surface area (Å²) < 4.78 is 163. The van der Waals surface area contributed by atoms with E-state index in [-0.39, 0.29) is 51.2 Å². The van der Waals surface area contributed by atoms with E-state index in [9.17, 15) is 106 Å². The molecule has 0 saturated carbocycles. The highest BCUT2D eigenvalue weighted by Gasteiger charge is 2.54. The average molecular weight is 1670 g/mol. The fraction of sp³-hybridized carbons (Fsp3) is 0.565. The van der Waals surface area contributed by atoms with Crippen molar-refractivity contribution in [2.24, 2.45) is 7.05 Å². The molecule has 8 aromatic rings. The van der Waals surface area contributed by atoms with Crippen molar-refractivity contribution in [1.82, 2.24) is 73.1 Å². The van der Waals surface area contributed by atoms with E-state index in [1.165, 1.54) is 17.9 Å². The number of imidazole rings is 4. The van der Waals surface area contributed by atoms with Crippen molar-refractivity contribution < 1.29 is 166 Å².